The molecule has 1 aliphatic rings. The third kappa shape index (κ3) is 4.77. The Labute approximate surface area is 220 Å². The van der Waals surface area contributed by atoms with Gasteiger partial charge < -0.3 is 4.74 Å². The first kappa shape index (κ1) is 24.2. The summed E-state index contributed by atoms with van der Waals surface area (Å²) in [5.74, 6) is -1.15. The van der Waals surface area contributed by atoms with Crippen molar-refractivity contribution in [1.82, 2.24) is 14.2 Å². The van der Waals surface area contributed by atoms with Crippen molar-refractivity contribution in [1.29, 1.82) is 0 Å². The van der Waals surface area contributed by atoms with Crippen LogP contribution in [0.25, 0.3) is 16.8 Å². The zero-order valence-electron chi connectivity index (χ0n) is 20.4. The molecule has 3 aromatic heterocycles. The summed E-state index contributed by atoms with van der Waals surface area (Å²) in [5.41, 5.74) is 2.64. The Morgan fingerprint density at radius 2 is 1.85 bits per heavy atom. The number of carbonyl (C=O) groups is 1. The molecule has 0 fully saturated rings. The number of carbonyl (C=O) groups excluding carboxylic acids is 1. The lowest BCUT2D eigenvalue weighted by Crippen LogP contribution is -2.25. The molecule has 0 saturated heterocycles. The van der Waals surface area contributed by atoms with Crippen LogP contribution in [-0.2, 0) is 6.42 Å². The summed E-state index contributed by atoms with van der Waals surface area (Å²) in [4.78, 5) is 30.2. The van der Waals surface area contributed by atoms with Crippen LogP contribution in [0, 0.1) is 11.6 Å². The molecule has 0 atom stereocenters. The van der Waals surface area contributed by atoms with Crippen molar-refractivity contribution in [3.8, 4) is 17.2 Å². The molecule has 0 aliphatic carbocycles. The van der Waals surface area contributed by atoms with E-state index in [1.54, 1.807) is 41.2 Å². The van der Waals surface area contributed by atoms with Gasteiger partial charge in [0.2, 0.25) is 0 Å². The molecule has 0 N–H and O–H groups in total. The van der Waals surface area contributed by atoms with Gasteiger partial charge >= 0.3 is 0 Å². The first-order valence-corrected chi connectivity index (χ1v) is 12.1. The Kier molecular flexibility index (Phi) is 6.16. The van der Waals surface area contributed by atoms with E-state index in [0.717, 1.165) is 11.1 Å². The fourth-order valence-electron chi connectivity index (χ4n) is 4.43. The van der Waals surface area contributed by atoms with Gasteiger partial charge in [-0.2, -0.15) is 5.10 Å². The lowest BCUT2D eigenvalue weighted by molar-refractivity contribution is 0.0991. The van der Waals surface area contributed by atoms with Gasteiger partial charge in [0.05, 0.1) is 18.3 Å². The minimum absolute atomic E-state index is 0.0149. The van der Waals surface area contributed by atoms with Crippen LogP contribution in [0.3, 0.4) is 0 Å². The first-order valence-electron chi connectivity index (χ1n) is 12.1. The van der Waals surface area contributed by atoms with Crippen molar-refractivity contribution >= 4 is 23.1 Å². The number of rotatable bonds is 7. The minimum Gasteiger partial charge on any atom is -0.452 e. The molecule has 5 aromatic rings. The summed E-state index contributed by atoms with van der Waals surface area (Å²) in [6, 6.07) is 16.2. The molecule has 7 nitrogen and oxygen atoms in total. The van der Waals surface area contributed by atoms with Crippen molar-refractivity contribution in [2.45, 2.75) is 6.42 Å². The van der Waals surface area contributed by atoms with Crippen LogP contribution in [0.15, 0.2) is 101 Å². The molecule has 0 unspecified atom stereocenters. The number of ether oxygens (including phenoxy) is 1. The van der Waals surface area contributed by atoms with Crippen molar-refractivity contribution in [2.24, 2.45) is 4.99 Å². The van der Waals surface area contributed by atoms with E-state index in [1.807, 2.05) is 12.3 Å². The fourth-order valence-corrected chi connectivity index (χ4v) is 4.43. The van der Waals surface area contributed by atoms with E-state index >= 15 is 4.39 Å². The fraction of sp³-hybridized carbons (Fsp3) is 0.0667. The van der Waals surface area contributed by atoms with Gasteiger partial charge in [0, 0.05) is 36.3 Å². The van der Waals surface area contributed by atoms with Gasteiger partial charge in [0.15, 0.2) is 23.1 Å². The van der Waals surface area contributed by atoms with E-state index < -0.39 is 23.0 Å². The van der Waals surface area contributed by atoms with Crippen LogP contribution in [0.5, 0.6) is 11.5 Å². The van der Waals surface area contributed by atoms with Gasteiger partial charge in [0.1, 0.15) is 11.3 Å². The second-order valence-electron chi connectivity index (χ2n) is 8.95. The zero-order valence-corrected chi connectivity index (χ0v) is 20.4. The van der Waals surface area contributed by atoms with Crippen molar-refractivity contribution in [3.63, 3.8) is 0 Å². The summed E-state index contributed by atoms with van der Waals surface area (Å²) in [6.07, 6.45) is 8.53. The number of aromatic nitrogens is 3. The molecule has 6 rings (SSSR count). The minimum atomic E-state index is -0.651. The van der Waals surface area contributed by atoms with Crippen LogP contribution >= 0.6 is 0 Å². The van der Waals surface area contributed by atoms with E-state index in [1.165, 1.54) is 53.2 Å². The Hall–Kier alpha value is -5.18. The van der Waals surface area contributed by atoms with Gasteiger partial charge in [-0.25, -0.2) is 13.3 Å². The highest BCUT2D eigenvalue weighted by atomic mass is 19.1. The summed E-state index contributed by atoms with van der Waals surface area (Å²) < 4.78 is 37.3. The number of hydrogen-bond acceptors (Lipinski definition) is 5. The standard InChI is InChI=1S/C30H20F2N4O3/c31-22-4-6-23(7-5-22)35-13-1-2-24(30(35)38)27(37)15-19-3-8-28(25(32)14-19)39-29-16-21(20-9-11-33-17-20)18-36-26(29)10-12-34-36/h1-10,12-14,16-18H,11,15H2. The topological polar surface area (TPSA) is 78.0 Å². The molecular formula is C30H20F2N4O3. The summed E-state index contributed by atoms with van der Waals surface area (Å²) in [6.45, 7) is 0.598. The highest BCUT2D eigenvalue weighted by Gasteiger charge is 2.17. The maximum Gasteiger partial charge on any atom is 0.265 e. The van der Waals surface area contributed by atoms with E-state index in [9.17, 15) is 14.0 Å². The SMILES string of the molecule is O=C(Cc1ccc(Oc2cc(C3=CCN=C3)cn3nccc23)c(F)c1)c1cccn(-c2ccc(F)cc2)c1=O. The van der Waals surface area contributed by atoms with Gasteiger partial charge in [-0.05, 0) is 71.8 Å². The molecule has 0 bridgehead atoms. The first-order chi connectivity index (χ1) is 19.0. The van der Waals surface area contributed by atoms with Crippen LogP contribution in [0.4, 0.5) is 8.78 Å². The molecule has 0 amide bonds. The Balaban J connectivity index is 1.24. The Morgan fingerprint density at radius 3 is 2.62 bits per heavy atom. The molecule has 4 heterocycles. The summed E-state index contributed by atoms with van der Waals surface area (Å²) in [7, 11) is 0. The van der Waals surface area contributed by atoms with E-state index in [2.05, 4.69) is 10.1 Å². The second-order valence-corrected chi connectivity index (χ2v) is 8.95. The number of allylic oxidation sites excluding steroid dienone is 1. The molecule has 2 aromatic carbocycles. The monoisotopic (exact) mass is 522 g/mol. The number of fused-ring (bicyclic) bond motifs is 1. The third-order valence-corrected chi connectivity index (χ3v) is 6.38. The summed E-state index contributed by atoms with van der Waals surface area (Å²) in [5, 5.41) is 4.28. The van der Waals surface area contributed by atoms with E-state index in [-0.39, 0.29) is 17.7 Å². The molecule has 9 heteroatoms. The predicted octanol–water partition coefficient (Wildman–Crippen LogP) is 5.45. The largest absolute Gasteiger partial charge is 0.452 e. The average Bonchev–Trinajstić information content (AvgIpc) is 3.63. The molecule has 1 aliphatic heterocycles. The number of halogens is 2. The molecule has 192 valence electrons. The number of Topliss-reactive ketones (excluding diaryl/α,β-unsaturated/α-hetero) is 1. The Bertz CT molecular complexity index is 1850. The molecule has 0 radical (unpaired) electrons. The highest BCUT2D eigenvalue weighted by molar-refractivity contribution is 6.11. The molecule has 39 heavy (non-hydrogen) atoms. The number of ketones is 1. The average molecular weight is 523 g/mol. The van der Waals surface area contributed by atoms with Crippen LogP contribution in [-0.4, -0.2) is 32.7 Å². The summed E-state index contributed by atoms with van der Waals surface area (Å²) >= 11 is 0. The maximum atomic E-state index is 15.1. The number of pyridine rings is 2. The van der Waals surface area contributed by atoms with Crippen LogP contribution in [0.2, 0.25) is 0 Å². The quantitative estimate of drug-likeness (QED) is 0.267. The van der Waals surface area contributed by atoms with Crippen molar-refractivity contribution in [2.75, 3.05) is 6.54 Å². The smallest absolute Gasteiger partial charge is 0.265 e. The van der Waals surface area contributed by atoms with E-state index in [4.69, 9.17) is 4.74 Å². The molecule has 0 saturated carbocycles. The predicted molar refractivity (Wildman–Crippen MR) is 143 cm³/mol. The van der Waals surface area contributed by atoms with Crippen molar-refractivity contribution < 1.29 is 18.3 Å². The molecular weight excluding hydrogens is 502 g/mol. The van der Waals surface area contributed by atoms with Crippen molar-refractivity contribution in [3.05, 3.63) is 130 Å². The van der Waals surface area contributed by atoms with Gasteiger partial charge in [-0.3, -0.25) is 19.1 Å². The van der Waals surface area contributed by atoms with Gasteiger partial charge in [-0.1, -0.05) is 12.1 Å². The third-order valence-electron chi connectivity index (χ3n) is 6.38. The van der Waals surface area contributed by atoms with Gasteiger partial charge in [0.25, 0.3) is 5.56 Å². The van der Waals surface area contributed by atoms with E-state index in [0.29, 0.717) is 29.1 Å². The normalized spacial score (nSPS) is 12.6. The van der Waals surface area contributed by atoms with Crippen LogP contribution < -0.4 is 10.3 Å². The van der Waals surface area contributed by atoms with Gasteiger partial charge in [-0.15, -0.1) is 0 Å². The second kappa shape index (κ2) is 9.94. The number of aliphatic imine (C=N–C) groups is 1. The Morgan fingerprint density at radius 1 is 1.00 bits per heavy atom. The molecule has 0 spiro atoms. The maximum absolute atomic E-state index is 15.1. The highest BCUT2D eigenvalue weighted by Crippen LogP contribution is 2.31. The number of nitrogens with zero attached hydrogens (tertiary/aromatic N) is 4. The number of hydrogen-bond donors (Lipinski definition) is 0. The van der Waals surface area contributed by atoms with Crippen LogP contribution in [0.1, 0.15) is 21.5 Å². The zero-order chi connectivity index (χ0) is 26.9. The lowest BCUT2D eigenvalue weighted by Gasteiger charge is -2.12. The number of benzene rings is 2. The lowest BCUT2D eigenvalue weighted by atomic mass is 10.0.